The number of carbonyl (C=O) groups excluding carboxylic acids is 1. The fourth-order valence-corrected chi connectivity index (χ4v) is 3.88. The molecule has 3 rings (SSSR count). The van der Waals surface area contributed by atoms with Crippen molar-refractivity contribution in [1.29, 1.82) is 0 Å². The van der Waals surface area contributed by atoms with Crippen LogP contribution < -0.4 is 15.4 Å². The van der Waals surface area contributed by atoms with E-state index in [-0.39, 0.29) is 23.6 Å². The van der Waals surface area contributed by atoms with E-state index in [0.29, 0.717) is 5.92 Å². The molecule has 0 unspecified atom stereocenters. The van der Waals surface area contributed by atoms with Gasteiger partial charge in [-0.25, -0.2) is 4.79 Å². The highest BCUT2D eigenvalue weighted by molar-refractivity contribution is 5.89. The number of anilines is 1. The Kier molecular flexibility index (Phi) is 3.77. The van der Waals surface area contributed by atoms with Crippen molar-refractivity contribution < 1.29 is 14.3 Å². The molecule has 2 aliphatic rings. The summed E-state index contributed by atoms with van der Waals surface area (Å²) in [5, 5.41) is 6.02. The molecule has 120 valence electrons. The van der Waals surface area contributed by atoms with E-state index >= 15 is 0 Å². The average molecular weight is 304 g/mol. The third kappa shape index (κ3) is 2.43. The summed E-state index contributed by atoms with van der Waals surface area (Å²) < 4.78 is 11.0. The highest BCUT2D eigenvalue weighted by atomic mass is 16.5. The fraction of sp³-hybridized carbons (Fsp3) is 0.588. The largest absolute Gasteiger partial charge is 0.496 e. The summed E-state index contributed by atoms with van der Waals surface area (Å²) in [5.41, 5.74) is 1.76. The first-order valence-electron chi connectivity index (χ1n) is 7.77. The van der Waals surface area contributed by atoms with Crippen LogP contribution in [-0.2, 0) is 4.74 Å². The molecule has 1 aromatic carbocycles. The van der Waals surface area contributed by atoms with Gasteiger partial charge in [0.05, 0.1) is 13.2 Å². The van der Waals surface area contributed by atoms with Crippen molar-refractivity contribution in [3.05, 3.63) is 23.8 Å². The molecule has 0 spiro atoms. The Bertz CT molecular complexity index is 585. The van der Waals surface area contributed by atoms with Gasteiger partial charge in [-0.15, -0.1) is 0 Å². The molecule has 1 aliphatic heterocycles. The third-order valence-electron chi connectivity index (χ3n) is 5.04. The zero-order valence-corrected chi connectivity index (χ0v) is 13.6. The molecule has 2 amide bonds. The van der Waals surface area contributed by atoms with Gasteiger partial charge in [-0.2, -0.15) is 0 Å². The smallest absolute Gasteiger partial charge is 0.319 e. The summed E-state index contributed by atoms with van der Waals surface area (Å²) in [7, 11) is 1.64. The van der Waals surface area contributed by atoms with Crippen LogP contribution in [0.25, 0.3) is 0 Å². The normalized spacial score (nSPS) is 28.5. The van der Waals surface area contributed by atoms with Crippen molar-refractivity contribution in [3.63, 3.8) is 0 Å². The van der Waals surface area contributed by atoms with E-state index in [4.69, 9.17) is 9.47 Å². The quantitative estimate of drug-likeness (QED) is 0.902. The van der Waals surface area contributed by atoms with Gasteiger partial charge in [0.2, 0.25) is 0 Å². The molecular weight excluding hydrogens is 280 g/mol. The molecule has 0 bridgehead atoms. The van der Waals surface area contributed by atoms with Crippen LogP contribution in [-0.4, -0.2) is 31.9 Å². The van der Waals surface area contributed by atoms with Crippen molar-refractivity contribution in [2.24, 2.45) is 11.3 Å². The Morgan fingerprint density at radius 2 is 2.18 bits per heavy atom. The van der Waals surface area contributed by atoms with Crippen molar-refractivity contribution in [2.45, 2.75) is 39.3 Å². The molecule has 5 nitrogen and oxygen atoms in total. The van der Waals surface area contributed by atoms with Gasteiger partial charge in [-0.1, -0.05) is 13.8 Å². The lowest BCUT2D eigenvalue weighted by molar-refractivity contribution is -0.107. The van der Waals surface area contributed by atoms with Crippen LogP contribution in [0, 0.1) is 18.3 Å². The second-order valence-corrected chi connectivity index (χ2v) is 6.83. The van der Waals surface area contributed by atoms with E-state index in [1.807, 2.05) is 25.1 Å². The Balaban J connectivity index is 1.62. The van der Waals surface area contributed by atoms with Crippen LogP contribution in [0.4, 0.5) is 10.5 Å². The van der Waals surface area contributed by atoms with Crippen LogP contribution in [0.15, 0.2) is 18.2 Å². The molecule has 1 heterocycles. The monoisotopic (exact) mass is 304 g/mol. The number of carbonyl (C=O) groups is 1. The van der Waals surface area contributed by atoms with E-state index in [9.17, 15) is 4.79 Å². The molecule has 0 aromatic heterocycles. The number of rotatable bonds is 3. The zero-order valence-electron chi connectivity index (χ0n) is 13.6. The first kappa shape index (κ1) is 15.2. The van der Waals surface area contributed by atoms with Crippen molar-refractivity contribution in [2.75, 3.05) is 19.0 Å². The van der Waals surface area contributed by atoms with Gasteiger partial charge in [-0.3, -0.25) is 0 Å². The molecule has 1 saturated heterocycles. The van der Waals surface area contributed by atoms with Crippen molar-refractivity contribution in [1.82, 2.24) is 5.32 Å². The van der Waals surface area contributed by atoms with Crippen LogP contribution in [0.3, 0.4) is 0 Å². The minimum Gasteiger partial charge on any atom is -0.496 e. The highest BCUT2D eigenvalue weighted by Crippen LogP contribution is 2.52. The maximum absolute atomic E-state index is 12.3. The molecule has 2 N–H and O–H groups in total. The van der Waals surface area contributed by atoms with E-state index in [0.717, 1.165) is 30.0 Å². The number of hydrogen-bond acceptors (Lipinski definition) is 3. The third-order valence-corrected chi connectivity index (χ3v) is 5.04. The van der Waals surface area contributed by atoms with E-state index in [2.05, 4.69) is 24.5 Å². The number of hydrogen-bond donors (Lipinski definition) is 2. The van der Waals surface area contributed by atoms with Crippen molar-refractivity contribution in [3.8, 4) is 5.75 Å². The number of nitrogens with one attached hydrogen (secondary N) is 2. The molecular formula is C17H24N2O3. The number of ether oxygens (including phenoxy) is 2. The summed E-state index contributed by atoms with van der Waals surface area (Å²) in [6.45, 7) is 7.07. The first-order valence-corrected chi connectivity index (χ1v) is 7.77. The standard InChI is InChI=1S/C17H24N2O3/c1-10-9-11(5-6-13(10)21-4)18-16(20)19-14-12-7-8-22-15(12)17(14,2)3/h5-6,9,12,14-15H,7-8H2,1-4H3,(H2,18,19,20)/t12-,14+,15-/m0/s1. The summed E-state index contributed by atoms with van der Waals surface area (Å²) >= 11 is 0. The van der Waals surface area contributed by atoms with Gasteiger partial charge in [-0.05, 0) is 37.1 Å². The SMILES string of the molecule is COc1ccc(NC(=O)N[C@@H]2[C@@H]3CCO[C@@H]3C2(C)C)cc1C. The van der Waals surface area contributed by atoms with Crippen molar-refractivity contribution >= 4 is 11.7 Å². The second-order valence-electron chi connectivity index (χ2n) is 6.83. The lowest BCUT2D eigenvalue weighted by Gasteiger charge is -2.54. The summed E-state index contributed by atoms with van der Waals surface area (Å²) in [4.78, 5) is 12.3. The lowest BCUT2D eigenvalue weighted by Crippen LogP contribution is -2.67. The maximum Gasteiger partial charge on any atom is 0.319 e. The number of aryl methyl sites for hydroxylation is 1. The van der Waals surface area contributed by atoms with Crippen LogP contribution in [0.1, 0.15) is 25.8 Å². The van der Waals surface area contributed by atoms with E-state index < -0.39 is 0 Å². The van der Waals surface area contributed by atoms with Gasteiger partial charge in [0.1, 0.15) is 5.75 Å². The number of urea groups is 1. The second kappa shape index (κ2) is 5.47. The topological polar surface area (TPSA) is 59.6 Å². The predicted molar refractivity (Wildman–Crippen MR) is 85.3 cm³/mol. The first-order chi connectivity index (χ1) is 10.4. The Morgan fingerprint density at radius 3 is 2.86 bits per heavy atom. The molecule has 3 atom stereocenters. The van der Waals surface area contributed by atoms with Gasteiger partial charge in [0, 0.05) is 29.7 Å². The lowest BCUT2D eigenvalue weighted by atomic mass is 9.57. The number of benzene rings is 1. The van der Waals surface area contributed by atoms with E-state index in [1.165, 1.54) is 0 Å². The molecule has 5 heteroatoms. The Hall–Kier alpha value is -1.75. The molecule has 0 radical (unpaired) electrons. The highest BCUT2D eigenvalue weighted by Gasteiger charge is 2.59. The predicted octanol–water partition coefficient (Wildman–Crippen LogP) is 2.94. The minimum atomic E-state index is -0.159. The van der Waals surface area contributed by atoms with Crippen LogP contribution in [0.2, 0.25) is 0 Å². The fourth-order valence-electron chi connectivity index (χ4n) is 3.88. The molecule has 1 aliphatic carbocycles. The summed E-state index contributed by atoms with van der Waals surface area (Å²) in [6.07, 6.45) is 1.31. The Morgan fingerprint density at radius 1 is 1.41 bits per heavy atom. The molecule has 1 saturated carbocycles. The summed E-state index contributed by atoms with van der Waals surface area (Å²) in [6, 6.07) is 5.62. The zero-order chi connectivity index (χ0) is 15.9. The summed E-state index contributed by atoms with van der Waals surface area (Å²) in [5.74, 6) is 1.26. The molecule has 2 fully saturated rings. The van der Waals surface area contributed by atoms with Crippen LogP contribution >= 0.6 is 0 Å². The van der Waals surface area contributed by atoms with E-state index in [1.54, 1.807) is 7.11 Å². The minimum absolute atomic E-state index is 0.00562. The average Bonchev–Trinajstić information content (AvgIpc) is 2.92. The van der Waals surface area contributed by atoms with Crippen LogP contribution in [0.5, 0.6) is 5.75 Å². The number of methoxy groups -OCH3 is 1. The number of amides is 2. The van der Waals surface area contributed by atoms with Gasteiger partial charge < -0.3 is 20.1 Å². The molecule has 1 aromatic rings. The molecule has 22 heavy (non-hydrogen) atoms. The number of fused-ring (bicyclic) bond motifs is 1. The maximum atomic E-state index is 12.3. The van der Waals surface area contributed by atoms with Gasteiger partial charge in [0.25, 0.3) is 0 Å². The van der Waals surface area contributed by atoms with Gasteiger partial charge >= 0.3 is 6.03 Å². The Labute approximate surface area is 131 Å². The van der Waals surface area contributed by atoms with Gasteiger partial charge in [0.15, 0.2) is 0 Å².